The van der Waals surface area contributed by atoms with E-state index in [0.29, 0.717) is 5.15 Å². The minimum absolute atomic E-state index is 0.517. The number of aryl methyl sites for hydroxylation is 1. The summed E-state index contributed by atoms with van der Waals surface area (Å²) in [5.74, 6) is 0. The van der Waals surface area contributed by atoms with E-state index in [1.54, 1.807) is 6.20 Å². The van der Waals surface area contributed by atoms with E-state index in [4.69, 9.17) is 11.6 Å². The van der Waals surface area contributed by atoms with Crippen LogP contribution in [-0.4, -0.2) is 16.5 Å². The van der Waals surface area contributed by atoms with E-state index < -0.39 is 0 Å². The van der Waals surface area contributed by atoms with E-state index in [-0.39, 0.29) is 0 Å². The normalized spacial score (nSPS) is 10.4. The fourth-order valence-electron chi connectivity index (χ4n) is 1.86. The predicted octanol–water partition coefficient (Wildman–Crippen LogP) is 3.46. The average molecular weight is 262 g/mol. The van der Waals surface area contributed by atoms with E-state index in [9.17, 15) is 0 Å². The Balaban J connectivity index is 2.19. The Morgan fingerprint density at radius 1 is 1.28 bits per heavy atom. The monoisotopic (exact) mass is 261 g/mol. The van der Waals surface area contributed by atoms with Gasteiger partial charge in [-0.3, -0.25) is 4.98 Å². The third-order valence-corrected chi connectivity index (χ3v) is 2.96. The lowest BCUT2D eigenvalue weighted by Crippen LogP contribution is -2.22. The van der Waals surface area contributed by atoms with E-state index in [1.165, 1.54) is 0 Å². The molecule has 0 amide bonds. The van der Waals surface area contributed by atoms with Crippen molar-refractivity contribution in [2.75, 3.05) is 11.4 Å². The van der Waals surface area contributed by atoms with Gasteiger partial charge >= 0.3 is 0 Å². The van der Waals surface area contributed by atoms with Crippen molar-refractivity contribution in [3.63, 3.8) is 0 Å². The van der Waals surface area contributed by atoms with Gasteiger partial charge in [-0.25, -0.2) is 4.98 Å². The first-order valence-corrected chi connectivity index (χ1v) is 6.36. The van der Waals surface area contributed by atoms with E-state index in [1.807, 2.05) is 37.3 Å². The van der Waals surface area contributed by atoms with E-state index in [2.05, 4.69) is 21.8 Å². The van der Waals surface area contributed by atoms with Crippen LogP contribution in [-0.2, 0) is 6.54 Å². The van der Waals surface area contributed by atoms with Crippen LogP contribution in [0.1, 0.15) is 18.3 Å². The standard InChI is InChI=1S/C14H16ClN3/c1-3-18(13-7-8-16-14(15)9-13)10-12-6-4-5-11(2)17-12/h4-9H,3,10H2,1-2H3. The molecular formula is C14H16ClN3. The van der Waals surface area contributed by atoms with Gasteiger partial charge in [-0.2, -0.15) is 0 Å². The van der Waals surface area contributed by atoms with Crippen LogP contribution in [0.5, 0.6) is 0 Å². The van der Waals surface area contributed by atoms with Gasteiger partial charge in [-0.05, 0) is 38.1 Å². The van der Waals surface area contributed by atoms with Gasteiger partial charge in [0.05, 0.1) is 12.2 Å². The summed E-state index contributed by atoms with van der Waals surface area (Å²) in [5.41, 5.74) is 3.17. The molecule has 0 saturated heterocycles. The van der Waals surface area contributed by atoms with Crippen LogP contribution in [0.4, 0.5) is 5.69 Å². The highest BCUT2D eigenvalue weighted by atomic mass is 35.5. The second-order valence-corrected chi connectivity index (χ2v) is 4.51. The zero-order chi connectivity index (χ0) is 13.0. The number of hydrogen-bond acceptors (Lipinski definition) is 3. The Bertz CT molecular complexity index is 528. The lowest BCUT2D eigenvalue weighted by atomic mass is 10.2. The SMILES string of the molecule is CCN(Cc1cccc(C)n1)c1ccnc(Cl)c1. The molecule has 0 spiro atoms. The summed E-state index contributed by atoms with van der Waals surface area (Å²) in [4.78, 5) is 10.7. The number of rotatable bonds is 4. The molecule has 0 aliphatic rings. The van der Waals surface area contributed by atoms with Crippen molar-refractivity contribution in [2.45, 2.75) is 20.4 Å². The Morgan fingerprint density at radius 2 is 2.11 bits per heavy atom. The fourth-order valence-corrected chi connectivity index (χ4v) is 2.03. The van der Waals surface area contributed by atoms with Crippen LogP contribution in [0.15, 0.2) is 36.5 Å². The minimum Gasteiger partial charge on any atom is -0.366 e. The second-order valence-electron chi connectivity index (χ2n) is 4.12. The van der Waals surface area contributed by atoms with Crippen molar-refractivity contribution in [2.24, 2.45) is 0 Å². The second kappa shape index (κ2) is 5.83. The minimum atomic E-state index is 0.517. The molecule has 0 N–H and O–H groups in total. The van der Waals surface area contributed by atoms with Crippen LogP contribution in [0.2, 0.25) is 5.15 Å². The van der Waals surface area contributed by atoms with Gasteiger partial charge in [0.15, 0.2) is 0 Å². The van der Waals surface area contributed by atoms with Gasteiger partial charge in [0.25, 0.3) is 0 Å². The smallest absolute Gasteiger partial charge is 0.131 e. The summed E-state index contributed by atoms with van der Waals surface area (Å²) < 4.78 is 0. The molecule has 0 saturated carbocycles. The summed E-state index contributed by atoms with van der Waals surface area (Å²) in [5, 5.41) is 0.517. The van der Waals surface area contributed by atoms with E-state index >= 15 is 0 Å². The average Bonchev–Trinajstić information content (AvgIpc) is 2.36. The largest absolute Gasteiger partial charge is 0.366 e. The first-order chi connectivity index (χ1) is 8.69. The first-order valence-electron chi connectivity index (χ1n) is 5.98. The van der Waals surface area contributed by atoms with Crippen LogP contribution in [0.25, 0.3) is 0 Å². The maximum Gasteiger partial charge on any atom is 0.131 e. The molecular weight excluding hydrogens is 246 g/mol. The molecule has 2 aromatic rings. The van der Waals surface area contributed by atoms with Crippen molar-refractivity contribution in [3.8, 4) is 0 Å². The van der Waals surface area contributed by atoms with Crippen LogP contribution >= 0.6 is 11.6 Å². The van der Waals surface area contributed by atoms with Crippen LogP contribution in [0.3, 0.4) is 0 Å². The van der Waals surface area contributed by atoms with Gasteiger partial charge in [0.2, 0.25) is 0 Å². The van der Waals surface area contributed by atoms with Gasteiger partial charge < -0.3 is 4.90 Å². The van der Waals surface area contributed by atoms with Crippen molar-refractivity contribution in [3.05, 3.63) is 53.1 Å². The van der Waals surface area contributed by atoms with Crippen molar-refractivity contribution in [1.82, 2.24) is 9.97 Å². The molecule has 3 nitrogen and oxygen atoms in total. The first kappa shape index (κ1) is 12.8. The number of anilines is 1. The van der Waals surface area contributed by atoms with Crippen molar-refractivity contribution >= 4 is 17.3 Å². The molecule has 0 atom stereocenters. The topological polar surface area (TPSA) is 29.0 Å². The highest BCUT2D eigenvalue weighted by Crippen LogP contribution is 2.19. The quantitative estimate of drug-likeness (QED) is 0.790. The van der Waals surface area contributed by atoms with Crippen LogP contribution in [0, 0.1) is 6.92 Å². The molecule has 94 valence electrons. The van der Waals surface area contributed by atoms with Crippen LogP contribution < -0.4 is 4.90 Å². The number of aromatic nitrogens is 2. The van der Waals surface area contributed by atoms with E-state index in [0.717, 1.165) is 30.2 Å². The third kappa shape index (κ3) is 3.20. The Labute approximate surface area is 112 Å². The number of halogens is 1. The summed E-state index contributed by atoms with van der Waals surface area (Å²) in [6.07, 6.45) is 1.73. The lowest BCUT2D eigenvalue weighted by Gasteiger charge is -2.22. The summed E-state index contributed by atoms with van der Waals surface area (Å²) in [6.45, 7) is 5.79. The van der Waals surface area contributed by atoms with Gasteiger partial charge in [-0.1, -0.05) is 17.7 Å². The summed E-state index contributed by atoms with van der Waals surface area (Å²) in [7, 11) is 0. The van der Waals surface area contributed by atoms with Gasteiger partial charge in [0, 0.05) is 24.1 Å². The number of pyridine rings is 2. The molecule has 2 heterocycles. The molecule has 18 heavy (non-hydrogen) atoms. The molecule has 2 rings (SSSR count). The maximum atomic E-state index is 5.92. The highest BCUT2D eigenvalue weighted by molar-refractivity contribution is 6.29. The Hall–Kier alpha value is -1.61. The molecule has 0 aromatic carbocycles. The Morgan fingerprint density at radius 3 is 2.78 bits per heavy atom. The third-order valence-electron chi connectivity index (χ3n) is 2.76. The van der Waals surface area contributed by atoms with Gasteiger partial charge in [0.1, 0.15) is 5.15 Å². The van der Waals surface area contributed by atoms with Crippen molar-refractivity contribution < 1.29 is 0 Å². The Kier molecular flexibility index (Phi) is 4.15. The maximum absolute atomic E-state index is 5.92. The molecule has 0 aliphatic carbocycles. The molecule has 2 aromatic heterocycles. The summed E-state index contributed by atoms with van der Waals surface area (Å²) >= 11 is 5.92. The van der Waals surface area contributed by atoms with Crippen molar-refractivity contribution in [1.29, 1.82) is 0 Å². The van der Waals surface area contributed by atoms with Gasteiger partial charge in [-0.15, -0.1) is 0 Å². The predicted molar refractivity (Wildman–Crippen MR) is 74.9 cm³/mol. The number of hydrogen-bond donors (Lipinski definition) is 0. The fraction of sp³-hybridized carbons (Fsp3) is 0.286. The molecule has 0 unspecified atom stereocenters. The number of nitrogens with zero attached hydrogens (tertiary/aromatic N) is 3. The molecule has 4 heteroatoms. The molecule has 0 fully saturated rings. The molecule has 0 aliphatic heterocycles. The highest BCUT2D eigenvalue weighted by Gasteiger charge is 2.07. The zero-order valence-corrected chi connectivity index (χ0v) is 11.4. The molecule has 0 bridgehead atoms. The zero-order valence-electron chi connectivity index (χ0n) is 10.6. The molecule has 0 radical (unpaired) electrons. The lowest BCUT2D eigenvalue weighted by molar-refractivity contribution is 0.805. The summed E-state index contributed by atoms with van der Waals surface area (Å²) in [6, 6.07) is 9.92.